The molecule has 2 N–H and O–H groups in total. The van der Waals surface area contributed by atoms with Crippen LogP contribution in [0.4, 0.5) is 0 Å². The van der Waals surface area contributed by atoms with Crippen LogP contribution in [0.1, 0.15) is 39.0 Å². The van der Waals surface area contributed by atoms with Crippen LogP contribution >= 0.6 is 0 Å². The second-order valence-corrected chi connectivity index (χ2v) is 5.86. The van der Waals surface area contributed by atoms with Crippen LogP contribution in [0.25, 0.3) is 0 Å². The molecule has 0 aliphatic heterocycles. The van der Waals surface area contributed by atoms with Crippen molar-refractivity contribution < 1.29 is 0 Å². The van der Waals surface area contributed by atoms with Crippen molar-refractivity contribution in [1.82, 2.24) is 0 Å². The smallest absolute Gasteiger partial charge is 0.00962 e. The van der Waals surface area contributed by atoms with Crippen molar-refractivity contribution in [2.24, 2.45) is 28.9 Å². The maximum atomic E-state index is 6.23. The van der Waals surface area contributed by atoms with E-state index in [4.69, 9.17) is 5.73 Å². The maximum absolute atomic E-state index is 6.23. The third-order valence-electron chi connectivity index (χ3n) is 4.65. The summed E-state index contributed by atoms with van der Waals surface area (Å²) in [4.78, 5) is 0. The molecule has 0 heterocycles. The fourth-order valence-corrected chi connectivity index (χ4v) is 4.47. The summed E-state index contributed by atoms with van der Waals surface area (Å²) in [6.07, 6.45) is 7.27. The van der Waals surface area contributed by atoms with E-state index in [-0.39, 0.29) is 0 Å². The quantitative estimate of drug-likeness (QED) is 0.585. The van der Waals surface area contributed by atoms with Crippen LogP contribution in [-0.2, 0) is 0 Å². The first-order chi connectivity index (χ1) is 5.66. The van der Waals surface area contributed by atoms with E-state index >= 15 is 0 Å². The Morgan fingerprint density at radius 2 is 1.67 bits per heavy atom. The van der Waals surface area contributed by atoms with Gasteiger partial charge in [0.25, 0.3) is 0 Å². The van der Waals surface area contributed by atoms with E-state index in [9.17, 15) is 0 Å². The molecular formula is C11H19N. The molecule has 4 aliphatic carbocycles. The lowest BCUT2D eigenvalue weighted by Gasteiger charge is -2.58. The van der Waals surface area contributed by atoms with E-state index in [0.29, 0.717) is 11.5 Å². The molecule has 0 aromatic heterocycles. The van der Waals surface area contributed by atoms with Gasteiger partial charge in [-0.3, -0.25) is 0 Å². The summed E-state index contributed by atoms with van der Waals surface area (Å²) < 4.78 is 0. The third kappa shape index (κ3) is 0.834. The first kappa shape index (κ1) is 7.37. The van der Waals surface area contributed by atoms with Crippen LogP contribution in [0.2, 0.25) is 0 Å². The largest absolute Gasteiger partial charge is 0.327 e. The zero-order chi connectivity index (χ0) is 8.34. The highest BCUT2D eigenvalue weighted by atomic mass is 14.7. The van der Waals surface area contributed by atoms with Crippen LogP contribution < -0.4 is 5.73 Å². The maximum Gasteiger partial charge on any atom is 0.00962 e. The highest BCUT2D eigenvalue weighted by molar-refractivity contribution is 5.04. The molecule has 0 amide bonds. The number of rotatable bonds is 0. The predicted molar refractivity (Wildman–Crippen MR) is 49.6 cm³/mol. The second-order valence-electron chi connectivity index (χ2n) is 5.86. The molecule has 12 heavy (non-hydrogen) atoms. The van der Waals surface area contributed by atoms with Gasteiger partial charge >= 0.3 is 0 Å². The topological polar surface area (TPSA) is 26.0 Å². The van der Waals surface area contributed by atoms with Gasteiger partial charge in [0, 0.05) is 6.04 Å². The van der Waals surface area contributed by atoms with Gasteiger partial charge in [0.2, 0.25) is 0 Å². The van der Waals surface area contributed by atoms with Crippen molar-refractivity contribution in [3.8, 4) is 0 Å². The monoisotopic (exact) mass is 165 g/mol. The number of hydrogen-bond acceptors (Lipinski definition) is 1. The van der Waals surface area contributed by atoms with Gasteiger partial charge in [-0.15, -0.1) is 0 Å². The summed E-state index contributed by atoms with van der Waals surface area (Å²) in [5.41, 5.74) is 6.93. The standard InChI is InChI=1S/C11H19N/c1-11-4-7-2-8(5-11)10(12)9(3-7)6-11/h7-10H,2-6,12H2,1H3/t7?,8?,9?,10-,11+. The normalized spacial score (nSPS) is 62.5. The Hall–Kier alpha value is -0.0400. The Balaban J connectivity index is 1.95. The predicted octanol–water partition coefficient (Wildman–Crippen LogP) is 2.16. The van der Waals surface area contributed by atoms with E-state index in [2.05, 4.69) is 6.92 Å². The molecule has 4 aliphatic rings. The minimum Gasteiger partial charge on any atom is -0.327 e. The van der Waals surface area contributed by atoms with Gasteiger partial charge in [-0.25, -0.2) is 0 Å². The molecule has 4 fully saturated rings. The number of nitrogens with two attached hydrogens (primary N) is 1. The molecule has 0 saturated heterocycles. The summed E-state index contributed by atoms with van der Waals surface area (Å²) in [5.74, 6) is 2.83. The Kier molecular flexibility index (Phi) is 1.27. The molecule has 0 spiro atoms. The summed E-state index contributed by atoms with van der Waals surface area (Å²) in [6, 6.07) is 0.564. The van der Waals surface area contributed by atoms with Crippen LogP contribution in [0.5, 0.6) is 0 Å². The van der Waals surface area contributed by atoms with E-state index < -0.39 is 0 Å². The Bertz CT molecular complexity index is 195. The zero-order valence-electron chi connectivity index (χ0n) is 7.92. The van der Waals surface area contributed by atoms with Gasteiger partial charge in [0.15, 0.2) is 0 Å². The molecule has 2 unspecified atom stereocenters. The summed E-state index contributed by atoms with van der Waals surface area (Å²) in [5, 5.41) is 0. The van der Waals surface area contributed by atoms with Crippen molar-refractivity contribution in [2.75, 3.05) is 0 Å². The fraction of sp³-hybridized carbons (Fsp3) is 1.00. The van der Waals surface area contributed by atoms with Gasteiger partial charge in [0.1, 0.15) is 0 Å². The molecule has 0 radical (unpaired) electrons. The van der Waals surface area contributed by atoms with E-state index in [0.717, 1.165) is 17.8 Å². The van der Waals surface area contributed by atoms with Gasteiger partial charge < -0.3 is 5.73 Å². The molecule has 68 valence electrons. The number of hydrogen-bond donors (Lipinski definition) is 1. The lowest BCUT2D eigenvalue weighted by molar-refractivity contribution is -0.0561. The first-order valence-corrected chi connectivity index (χ1v) is 5.42. The lowest BCUT2D eigenvalue weighted by atomic mass is 9.49. The minimum absolute atomic E-state index is 0.564. The second kappa shape index (κ2) is 2.06. The van der Waals surface area contributed by atoms with Crippen LogP contribution in [-0.4, -0.2) is 6.04 Å². The molecule has 0 aromatic carbocycles. The molecule has 1 nitrogen and oxygen atoms in total. The van der Waals surface area contributed by atoms with Crippen molar-refractivity contribution in [3.63, 3.8) is 0 Å². The van der Waals surface area contributed by atoms with Gasteiger partial charge in [-0.2, -0.15) is 0 Å². The van der Waals surface area contributed by atoms with Crippen molar-refractivity contribution in [1.29, 1.82) is 0 Å². The molecule has 0 aromatic rings. The van der Waals surface area contributed by atoms with Crippen molar-refractivity contribution in [3.05, 3.63) is 0 Å². The van der Waals surface area contributed by atoms with Gasteiger partial charge in [-0.05, 0) is 55.3 Å². The van der Waals surface area contributed by atoms with Crippen LogP contribution in [0, 0.1) is 23.2 Å². The Morgan fingerprint density at radius 1 is 1.08 bits per heavy atom. The van der Waals surface area contributed by atoms with Crippen molar-refractivity contribution >= 4 is 0 Å². The molecule has 4 rings (SSSR count). The summed E-state index contributed by atoms with van der Waals surface area (Å²) >= 11 is 0. The van der Waals surface area contributed by atoms with Gasteiger partial charge in [0.05, 0.1) is 0 Å². The summed E-state index contributed by atoms with van der Waals surface area (Å²) in [7, 11) is 0. The lowest BCUT2D eigenvalue weighted by Crippen LogP contribution is -2.55. The molecule has 1 heteroatoms. The SMILES string of the molecule is C[C@]12CC3CC(C1)[C@@H](N)C(C3)C2. The first-order valence-electron chi connectivity index (χ1n) is 5.42. The highest BCUT2D eigenvalue weighted by Gasteiger charge is 2.51. The molecule has 4 bridgehead atoms. The van der Waals surface area contributed by atoms with E-state index in [1.165, 1.54) is 32.1 Å². The fourth-order valence-electron chi connectivity index (χ4n) is 4.47. The Morgan fingerprint density at radius 3 is 2.17 bits per heavy atom. The average Bonchev–Trinajstić information content (AvgIpc) is 1.96. The zero-order valence-corrected chi connectivity index (χ0v) is 7.92. The van der Waals surface area contributed by atoms with E-state index in [1.54, 1.807) is 0 Å². The van der Waals surface area contributed by atoms with Crippen LogP contribution in [0.3, 0.4) is 0 Å². The molecule has 4 saturated carbocycles. The van der Waals surface area contributed by atoms with Crippen LogP contribution in [0.15, 0.2) is 0 Å². The molecular weight excluding hydrogens is 146 g/mol. The van der Waals surface area contributed by atoms with Gasteiger partial charge in [-0.1, -0.05) is 6.92 Å². The van der Waals surface area contributed by atoms with E-state index in [1.807, 2.05) is 0 Å². The minimum atomic E-state index is 0.564. The highest BCUT2D eigenvalue weighted by Crippen LogP contribution is 2.59. The Labute approximate surface area is 74.7 Å². The summed E-state index contributed by atoms with van der Waals surface area (Å²) in [6.45, 7) is 2.49. The average molecular weight is 165 g/mol. The third-order valence-corrected chi connectivity index (χ3v) is 4.65. The molecule has 2 atom stereocenters. The van der Waals surface area contributed by atoms with Crippen molar-refractivity contribution in [2.45, 2.75) is 45.1 Å².